The van der Waals surface area contributed by atoms with Crippen LogP contribution in [0, 0.1) is 5.41 Å². The van der Waals surface area contributed by atoms with Crippen LogP contribution in [-0.4, -0.2) is 68.2 Å². The summed E-state index contributed by atoms with van der Waals surface area (Å²) in [5.41, 5.74) is 19.3. The van der Waals surface area contributed by atoms with E-state index in [2.05, 4.69) is 10.6 Å². The largest absolute Gasteiger partial charge is 0.490 e. The Morgan fingerprint density at radius 2 is 1.50 bits per heavy atom. The second kappa shape index (κ2) is 11.4. The molecular weight excluding hydrogens is 516 g/mol. The normalized spacial score (nSPS) is 17.1. The molecule has 1 spiro atoms. The number of benzene rings is 2. The van der Waals surface area contributed by atoms with Crippen molar-refractivity contribution in [3.63, 3.8) is 0 Å². The second-order valence-corrected chi connectivity index (χ2v) is 11.4. The number of nitrogen functional groups attached to an aromatic ring is 2. The number of likely N-dealkylation sites (tertiary alicyclic amines) is 1. The summed E-state index contributed by atoms with van der Waals surface area (Å²) in [5.74, 6) is 0.189. The maximum absolute atomic E-state index is 12.7. The van der Waals surface area contributed by atoms with Crippen molar-refractivity contribution >= 4 is 41.0 Å². The van der Waals surface area contributed by atoms with Crippen molar-refractivity contribution in [2.75, 3.05) is 61.5 Å². The molecule has 8 N–H and O–H groups in total. The summed E-state index contributed by atoms with van der Waals surface area (Å²) in [6, 6.07) is 6.31. The van der Waals surface area contributed by atoms with Gasteiger partial charge in [0.25, 0.3) is 0 Å². The summed E-state index contributed by atoms with van der Waals surface area (Å²) < 4.78 is 18.1. The van der Waals surface area contributed by atoms with Crippen molar-refractivity contribution in [2.45, 2.75) is 39.2 Å². The molecule has 0 radical (unpaired) electrons. The molecule has 0 unspecified atom stereocenters. The van der Waals surface area contributed by atoms with Crippen LogP contribution in [0.2, 0.25) is 0 Å². The first-order chi connectivity index (χ1) is 18.9. The lowest BCUT2D eigenvalue weighted by molar-refractivity contribution is -0.0694. The Balaban J connectivity index is 1.66. The molecule has 2 aromatic carbocycles. The highest BCUT2D eigenvalue weighted by molar-refractivity contribution is 5.96. The van der Waals surface area contributed by atoms with E-state index in [-0.39, 0.29) is 18.8 Å². The lowest BCUT2D eigenvalue weighted by Gasteiger charge is -2.49. The van der Waals surface area contributed by atoms with Gasteiger partial charge in [0.05, 0.1) is 16.8 Å². The van der Waals surface area contributed by atoms with E-state index in [9.17, 15) is 14.4 Å². The SMILES string of the molecule is CC(C)(C)OC(=O)N1CC2(COc3cc(C=O)cc(N)c3NCCCCNc3c(N)cc(C(N)=O)cc3OC2)C1. The van der Waals surface area contributed by atoms with Gasteiger partial charge >= 0.3 is 6.09 Å². The number of hydrogen-bond acceptors (Lipinski definition) is 10. The van der Waals surface area contributed by atoms with Crippen molar-refractivity contribution in [3.8, 4) is 11.5 Å². The zero-order chi connectivity index (χ0) is 29.1. The first kappa shape index (κ1) is 28.7. The smallest absolute Gasteiger partial charge is 0.410 e. The fraction of sp³-hybridized carbons (Fsp3) is 0.464. The third-order valence-corrected chi connectivity index (χ3v) is 6.69. The Bertz CT molecular complexity index is 1290. The van der Waals surface area contributed by atoms with Gasteiger partial charge in [-0.1, -0.05) is 0 Å². The zero-order valence-electron chi connectivity index (χ0n) is 23.2. The predicted molar refractivity (Wildman–Crippen MR) is 153 cm³/mol. The molecule has 2 aliphatic heterocycles. The van der Waals surface area contributed by atoms with Gasteiger partial charge in [0.1, 0.15) is 48.0 Å². The number of carbonyl (C=O) groups excluding carboxylic acids is 3. The summed E-state index contributed by atoms with van der Waals surface area (Å²) >= 11 is 0. The van der Waals surface area contributed by atoms with Crippen LogP contribution in [0.15, 0.2) is 24.3 Å². The van der Waals surface area contributed by atoms with Crippen LogP contribution in [0.25, 0.3) is 0 Å². The Morgan fingerprint density at radius 3 is 2.02 bits per heavy atom. The van der Waals surface area contributed by atoms with E-state index in [0.29, 0.717) is 72.3 Å². The number of ether oxygens (including phenoxy) is 3. The monoisotopic (exact) mass is 554 g/mol. The van der Waals surface area contributed by atoms with Gasteiger partial charge in [-0.2, -0.15) is 0 Å². The number of carbonyl (C=O) groups is 3. The molecule has 216 valence electrons. The second-order valence-electron chi connectivity index (χ2n) is 11.4. The Kier molecular flexibility index (Phi) is 8.17. The lowest BCUT2D eigenvalue weighted by atomic mass is 9.81. The summed E-state index contributed by atoms with van der Waals surface area (Å²) in [7, 11) is 0. The number of fused-ring (bicyclic) bond motifs is 2. The molecule has 12 nitrogen and oxygen atoms in total. The molecule has 40 heavy (non-hydrogen) atoms. The van der Waals surface area contributed by atoms with Gasteiger partial charge < -0.3 is 46.9 Å². The lowest BCUT2D eigenvalue weighted by Crippen LogP contribution is -2.64. The van der Waals surface area contributed by atoms with E-state index in [0.717, 1.165) is 12.8 Å². The quantitative estimate of drug-likeness (QED) is 0.273. The summed E-state index contributed by atoms with van der Waals surface area (Å²) in [4.78, 5) is 37.8. The van der Waals surface area contributed by atoms with Gasteiger partial charge in [-0.15, -0.1) is 0 Å². The van der Waals surface area contributed by atoms with E-state index >= 15 is 0 Å². The van der Waals surface area contributed by atoms with Crippen molar-refractivity contribution in [1.29, 1.82) is 0 Å². The molecule has 0 aliphatic carbocycles. The molecule has 12 heteroatoms. The average molecular weight is 555 g/mol. The van der Waals surface area contributed by atoms with Crippen molar-refractivity contribution < 1.29 is 28.6 Å². The fourth-order valence-corrected chi connectivity index (χ4v) is 4.69. The number of anilines is 4. The van der Waals surface area contributed by atoms with Crippen LogP contribution in [0.4, 0.5) is 27.5 Å². The molecule has 2 aliphatic rings. The van der Waals surface area contributed by atoms with E-state index in [1.165, 1.54) is 6.07 Å². The standard InChI is InChI=1S/C28H38N6O6/c1-27(2,3)40-26(37)34-13-28(14-34)15-38-21-9-17(12-35)8-19(29)23(21)32-6-4-5-7-33-24-20(30)10-18(25(31)36)11-22(24)39-16-28/h8-12,32-33H,4-7,13-16,29-30H2,1-3H3,(H2,31,36). The number of aldehydes is 1. The van der Waals surface area contributed by atoms with Crippen LogP contribution in [-0.2, 0) is 4.74 Å². The van der Waals surface area contributed by atoms with Crippen molar-refractivity contribution in [3.05, 3.63) is 35.4 Å². The number of hydrogen-bond donors (Lipinski definition) is 5. The molecule has 0 atom stereocenters. The fourth-order valence-electron chi connectivity index (χ4n) is 4.69. The Hall–Kier alpha value is -4.35. The van der Waals surface area contributed by atoms with Crippen LogP contribution in [0.1, 0.15) is 54.3 Å². The maximum Gasteiger partial charge on any atom is 0.410 e. The Morgan fingerprint density at radius 1 is 0.950 bits per heavy atom. The molecule has 2 aromatic rings. The van der Waals surface area contributed by atoms with Crippen LogP contribution < -0.4 is 37.3 Å². The highest BCUT2D eigenvalue weighted by Gasteiger charge is 2.48. The first-order valence-electron chi connectivity index (χ1n) is 13.2. The Labute approximate surface area is 233 Å². The third-order valence-electron chi connectivity index (χ3n) is 6.69. The van der Waals surface area contributed by atoms with Gasteiger partial charge in [-0.25, -0.2) is 4.79 Å². The zero-order valence-corrected chi connectivity index (χ0v) is 23.2. The summed E-state index contributed by atoms with van der Waals surface area (Å²) in [6.45, 7) is 7.49. The highest BCUT2D eigenvalue weighted by Crippen LogP contribution is 2.39. The first-order valence-corrected chi connectivity index (χ1v) is 13.2. The van der Waals surface area contributed by atoms with E-state index in [4.69, 9.17) is 31.4 Å². The van der Waals surface area contributed by atoms with Crippen LogP contribution in [0.5, 0.6) is 11.5 Å². The van der Waals surface area contributed by atoms with Crippen LogP contribution >= 0.6 is 0 Å². The van der Waals surface area contributed by atoms with E-state index < -0.39 is 23.0 Å². The molecule has 4 rings (SSSR count). The predicted octanol–water partition coefficient (Wildman–Crippen LogP) is 3.07. The number of nitrogens with one attached hydrogen (secondary N) is 2. The van der Waals surface area contributed by atoms with E-state index in [1.54, 1.807) is 43.9 Å². The molecule has 1 saturated heterocycles. The molecule has 1 fully saturated rings. The summed E-state index contributed by atoms with van der Waals surface area (Å²) in [5, 5.41) is 6.65. The van der Waals surface area contributed by atoms with Crippen LogP contribution in [0.3, 0.4) is 0 Å². The van der Waals surface area contributed by atoms with Crippen molar-refractivity contribution in [1.82, 2.24) is 4.90 Å². The minimum absolute atomic E-state index is 0.133. The van der Waals surface area contributed by atoms with E-state index in [1.807, 2.05) is 0 Å². The number of primary amides is 1. The molecule has 2 amide bonds. The minimum atomic E-state index is -0.644. The van der Waals surface area contributed by atoms with Gasteiger partial charge in [0, 0.05) is 37.3 Å². The summed E-state index contributed by atoms with van der Waals surface area (Å²) in [6.07, 6.45) is 1.86. The topological polar surface area (TPSA) is 184 Å². The van der Waals surface area contributed by atoms with Gasteiger partial charge in [-0.3, -0.25) is 9.59 Å². The number of amides is 2. The van der Waals surface area contributed by atoms with Gasteiger partial charge in [-0.05, 0) is 57.9 Å². The highest BCUT2D eigenvalue weighted by atomic mass is 16.6. The average Bonchev–Trinajstić information content (AvgIpc) is 2.85. The van der Waals surface area contributed by atoms with Crippen molar-refractivity contribution in [2.24, 2.45) is 11.1 Å². The molecule has 0 saturated carbocycles. The molecule has 2 heterocycles. The number of nitrogens with zero attached hydrogens (tertiary/aromatic N) is 1. The third kappa shape index (κ3) is 6.61. The molecular formula is C28H38N6O6. The number of nitrogens with two attached hydrogens (primary N) is 3. The van der Waals surface area contributed by atoms with Gasteiger partial charge in [0.15, 0.2) is 0 Å². The molecule has 0 bridgehead atoms. The molecule has 0 aromatic heterocycles. The minimum Gasteiger partial charge on any atom is -0.490 e. The van der Waals surface area contributed by atoms with Gasteiger partial charge in [0.2, 0.25) is 5.91 Å². The maximum atomic E-state index is 12.7. The number of rotatable bonds is 2.